The highest BCUT2D eigenvalue weighted by Crippen LogP contribution is 2.23. The zero-order valence-corrected chi connectivity index (χ0v) is 39.0. The molecule has 1 amide bonds. The van der Waals surface area contributed by atoms with Crippen molar-refractivity contribution in [3.63, 3.8) is 0 Å². The van der Waals surface area contributed by atoms with Gasteiger partial charge in [0.05, 0.1) is 25.4 Å². The number of hydrogen-bond acceptors (Lipinski definition) is 8. The molecular weight excluding hydrogens is 755 g/mol. The standard InChI is InChI=1S/C51H97NO8/c1-3-5-7-9-11-13-15-17-19-21-23-25-27-29-31-33-35-37-39-41-47(55)52-44(43-59-51-50(58)49(57)48(56)46(42-53)60-51)45(54)40-38-36-34-32-30-28-26-24-22-20-18-16-14-12-10-8-6-4-2/h21,23,38,40,44-46,48-51,53-54,56-58H,3-20,22,24-37,39,41-43H2,1-2H3,(H,52,55)/b23-21-,40-38+. The van der Waals surface area contributed by atoms with Crippen LogP contribution < -0.4 is 5.32 Å². The molecule has 7 atom stereocenters. The van der Waals surface area contributed by atoms with E-state index in [1.165, 1.54) is 180 Å². The fourth-order valence-electron chi connectivity index (χ4n) is 8.15. The van der Waals surface area contributed by atoms with E-state index in [2.05, 4.69) is 31.3 Å². The summed E-state index contributed by atoms with van der Waals surface area (Å²) in [6, 6.07) is -0.804. The van der Waals surface area contributed by atoms with Crippen LogP contribution in [0.3, 0.4) is 0 Å². The van der Waals surface area contributed by atoms with Crippen molar-refractivity contribution in [1.29, 1.82) is 0 Å². The Morgan fingerprint density at radius 2 is 0.933 bits per heavy atom. The second-order valence-corrected chi connectivity index (χ2v) is 18.0. The lowest BCUT2D eigenvalue weighted by atomic mass is 9.99. The molecule has 1 heterocycles. The first-order chi connectivity index (χ1) is 29.3. The van der Waals surface area contributed by atoms with Gasteiger partial charge in [0.25, 0.3) is 0 Å². The minimum atomic E-state index is -1.57. The van der Waals surface area contributed by atoms with Gasteiger partial charge in [0, 0.05) is 6.42 Å². The van der Waals surface area contributed by atoms with E-state index in [-0.39, 0.29) is 12.5 Å². The van der Waals surface area contributed by atoms with E-state index in [1.807, 2.05) is 6.08 Å². The van der Waals surface area contributed by atoms with Crippen LogP contribution in [0, 0.1) is 0 Å². The molecule has 0 aromatic rings. The number of hydrogen-bond donors (Lipinski definition) is 6. The number of amides is 1. The first kappa shape index (κ1) is 56.7. The van der Waals surface area contributed by atoms with Crippen LogP contribution in [-0.4, -0.2) is 87.5 Å². The molecule has 0 aromatic heterocycles. The van der Waals surface area contributed by atoms with Crippen LogP contribution in [-0.2, 0) is 14.3 Å². The van der Waals surface area contributed by atoms with Crippen molar-refractivity contribution >= 4 is 5.91 Å². The van der Waals surface area contributed by atoms with E-state index in [0.717, 1.165) is 38.5 Å². The highest BCUT2D eigenvalue weighted by molar-refractivity contribution is 5.76. The Morgan fingerprint density at radius 3 is 1.35 bits per heavy atom. The summed E-state index contributed by atoms with van der Waals surface area (Å²) in [5, 5.41) is 54.3. The second kappa shape index (κ2) is 41.7. The van der Waals surface area contributed by atoms with Crippen molar-refractivity contribution in [1.82, 2.24) is 5.32 Å². The number of unbranched alkanes of at least 4 members (excludes halogenated alkanes) is 31. The zero-order valence-electron chi connectivity index (χ0n) is 39.0. The predicted octanol–water partition coefficient (Wildman–Crippen LogP) is 11.5. The lowest BCUT2D eigenvalue weighted by molar-refractivity contribution is -0.302. The number of ether oxygens (including phenoxy) is 2. The van der Waals surface area contributed by atoms with Gasteiger partial charge in [-0.2, -0.15) is 0 Å². The predicted molar refractivity (Wildman–Crippen MR) is 249 cm³/mol. The molecule has 6 N–H and O–H groups in total. The molecule has 9 nitrogen and oxygen atoms in total. The van der Waals surface area contributed by atoms with Gasteiger partial charge in [0.2, 0.25) is 5.91 Å². The van der Waals surface area contributed by atoms with Crippen molar-refractivity contribution < 1.29 is 39.8 Å². The maximum Gasteiger partial charge on any atom is 0.220 e. The largest absolute Gasteiger partial charge is 0.394 e. The number of carbonyl (C=O) groups is 1. The van der Waals surface area contributed by atoms with E-state index in [1.54, 1.807) is 6.08 Å². The number of aliphatic hydroxyl groups excluding tert-OH is 5. The van der Waals surface area contributed by atoms with Gasteiger partial charge in [-0.15, -0.1) is 0 Å². The van der Waals surface area contributed by atoms with Crippen molar-refractivity contribution in [3.8, 4) is 0 Å². The molecule has 1 fully saturated rings. The van der Waals surface area contributed by atoms with Gasteiger partial charge >= 0.3 is 0 Å². The average Bonchev–Trinajstić information content (AvgIpc) is 3.25. The van der Waals surface area contributed by atoms with E-state index in [9.17, 15) is 30.3 Å². The smallest absolute Gasteiger partial charge is 0.220 e. The van der Waals surface area contributed by atoms with Gasteiger partial charge in [-0.05, 0) is 44.9 Å². The van der Waals surface area contributed by atoms with Gasteiger partial charge in [-0.1, -0.05) is 212 Å². The van der Waals surface area contributed by atoms with E-state index in [0.29, 0.717) is 6.42 Å². The van der Waals surface area contributed by atoms with Crippen LogP contribution in [0.25, 0.3) is 0 Å². The van der Waals surface area contributed by atoms with Gasteiger partial charge in [0.15, 0.2) is 6.29 Å². The third-order valence-electron chi connectivity index (χ3n) is 12.3. The molecule has 7 unspecified atom stereocenters. The van der Waals surface area contributed by atoms with Crippen molar-refractivity contribution in [3.05, 3.63) is 24.3 Å². The monoisotopic (exact) mass is 852 g/mol. The minimum absolute atomic E-state index is 0.179. The molecule has 0 saturated carbocycles. The van der Waals surface area contributed by atoms with E-state index in [4.69, 9.17) is 9.47 Å². The highest BCUT2D eigenvalue weighted by Gasteiger charge is 2.44. The molecule has 0 aliphatic carbocycles. The molecule has 0 bridgehead atoms. The molecule has 354 valence electrons. The Hall–Kier alpha value is -1.33. The molecule has 0 spiro atoms. The number of rotatable bonds is 43. The number of allylic oxidation sites excluding steroid dienone is 3. The van der Waals surface area contributed by atoms with Crippen LogP contribution in [0.4, 0.5) is 0 Å². The summed E-state index contributed by atoms with van der Waals surface area (Å²) in [6.45, 7) is 3.79. The SMILES string of the molecule is CCCCCCCCCC/C=C\CCCCCCCCCC(=O)NC(COC1OC(CO)C(O)C(O)C1O)C(O)/C=C/CCCCCCCCCCCCCCCCCC. The Kier molecular flexibility index (Phi) is 39.4. The summed E-state index contributed by atoms with van der Waals surface area (Å²) in [7, 11) is 0. The Morgan fingerprint density at radius 1 is 0.550 bits per heavy atom. The van der Waals surface area contributed by atoms with Crippen LogP contribution >= 0.6 is 0 Å². The normalized spacial score (nSPS) is 20.7. The zero-order chi connectivity index (χ0) is 43.7. The molecule has 0 aromatic carbocycles. The Labute approximate surface area is 369 Å². The summed E-state index contributed by atoms with van der Waals surface area (Å²) >= 11 is 0. The summed E-state index contributed by atoms with van der Waals surface area (Å²) < 4.78 is 11.2. The number of nitrogens with one attached hydrogen (secondary N) is 1. The van der Waals surface area contributed by atoms with Gasteiger partial charge in [-0.3, -0.25) is 4.79 Å². The second-order valence-electron chi connectivity index (χ2n) is 18.0. The van der Waals surface area contributed by atoms with Crippen molar-refractivity contribution in [2.24, 2.45) is 0 Å². The van der Waals surface area contributed by atoms with Gasteiger partial charge in [-0.25, -0.2) is 0 Å². The van der Waals surface area contributed by atoms with Crippen molar-refractivity contribution in [2.45, 2.75) is 281 Å². The molecule has 1 saturated heterocycles. The van der Waals surface area contributed by atoms with Crippen LogP contribution in [0.1, 0.15) is 239 Å². The Bertz CT molecular complexity index is 992. The van der Waals surface area contributed by atoms with E-state index >= 15 is 0 Å². The molecular formula is C51H97NO8. The lowest BCUT2D eigenvalue weighted by Gasteiger charge is -2.40. The summed E-state index contributed by atoms with van der Waals surface area (Å²) in [4.78, 5) is 13.0. The van der Waals surface area contributed by atoms with Gasteiger partial charge in [0.1, 0.15) is 24.4 Å². The number of aliphatic hydroxyl groups is 5. The third-order valence-corrected chi connectivity index (χ3v) is 12.3. The van der Waals surface area contributed by atoms with Crippen LogP contribution in [0.2, 0.25) is 0 Å². The first-order valence-electron chi connectivity index (χ1n) is 25.6. The Balaban J connectivity index is 2.31. The molecule has 1 aliphatic rings. The topological polar surface area (TPSA) is 149 Å². The lowest BCUT2D eigenvalue weighted by Crippen LogP contribution is -2.60. The van der Waals surface area contributed by atoms with E-state index < -0.39 is 49.5 Å². The fourth-order valence-corrected chi connectivity index (χ4v) is 8.15. The number of carbonyl (C=O) groups excluding carboxylic acids is 1. The molecule has 1 rings (SSSR count). The van der Waals surface area contributed by atoms with Gasteiger partial charge < -0.3 is 40.3 Å². The van der Waals surface area contributed by atoms with Crippen LogP contribution in [0.15, 0.2) is 24.3 Å². The molecule has 60 heavy (non-hydrogen) atoms. The highest BCUT2D eigenvalue weighted by atomic mass is 16.7. The first-order valence-corrected chi connectivity index (χ1v) is 25.6. The van der Waals surface area contributed by atoms with Crippen LogP contribution in [0.5, 0.6) is 0 Å². The molecule has 0 radical (unpaired) electrons. The maximum atomic E-state index is 13.0. The summed E-state index contributed by atoms with van der Waals surface area (Å²) in [6.07, 6.45) is 43.6. The summed E-state index contributed by atoms with van der Waals surface area (Å²) in [5.41, 5.74) is 0. The third kappa shape index (κ3) is 31.5. The minimum Gasteiger partial charge on any atom is -0.394 e. The average molecular weight is 852 g/mol. The quantitative estimate of drug-likeness (QED) is 0.0262. The fraction of sp³-hybridized carbons (Fsp3) is 0.902. The summed E-state index contributed by atoms with van der Waals surface area (Å²) in [5.74, 6) is -0.179. The molecule has 1 aliphatic heterocycles. The van der Waals surface area contributed by atoms with Crippen molar-refractivity contribution in [2.75, 3.05) is 13.2 Å². The maximum absolute atomic E-state index is 13.0. The molecule has 9 heteroatoms.